The average Bonchev–Trinajstić information content (AvgIpc) is 3.83. The molecule has 4 heterocycles. The summed E-state index contributed by atoms with van der Waals surface area (Å²) < 4.78 is 10.0. The summed E-state index contributed by atoms with van der Waals surface area (Å²) in [5.41, 5.74) is 0.906. The lowest BCUT2D eigenvalue weighted by Gasteiger charge is -2.43. The summed E-state index contributed by atoms with van der Waals surface area (Å²) >= 11 is 6.13. The van der Waals surface area contributed by atoms with Crippen LogP contribution in [0.2, 0.25) is 0 Å². The first-order valence-electron chi connectivity index (χ1n) is 20.9. The Kier molecular flexibility index (Phi) is 15.8. The molecule has 316 valence electrons. The third kappa shape index (κ3) is 11.6. The van der Waals surface area contributed by atoms with Crippen molar-refractivity contribution in [1.82, 2.24) is 0 Å². The molecule has 0 bridgehead atoms. The topological polar surface area (TPSA) is 113 Å². The van der Waals surface area contributed by atoms with Crippen molar-refractivity contribution in [3.63, 3.8) is 0 Å². The summed E-state index contributed by atoms with van der Waals surface area (Å²) in [6, 6.07) is 3.88. The van der Waals surface area contributed by atoms with E-state index in [4.69, 9.17) is 9.47 Å². The number of piperidine rings is 2. The third-order valence-electron chi connectivity index (χ3n) is 11.3. The molecule has 1 unspecified atom stereocenters. The van der Waals surface area contributed by atoms with Crippen LogP contribution in [-0.2, 0) is 19.1 Å². The summed E-state index contributed by atoms with van der Waals surface area (Å²) in [6.45, 7) is 12.2. The fourth-order valence-corrected chi connectivity index (χ4v) is 10.9. The number of anilines is 2. The fourth-order valence-electron chi connectivity index (χ4n) is 8.53. The van der Waals surface area contributed by atoms with Crippen LogP contribution < -0.4 is 9.80 Å². The lowest BCUT2D eigenvalue weighted by molar-refractivity contribution is -0.130. The second-order valence-electron chi connectivity index (χ2n) is 18.1. The van der Waals surface area contributed by atoms with Gasteiger partial charge in [0.15, 0.2) is 0 Å². The number of alkyl halides is 1. The first-order valence-corrected chi connectivity index (χ1v) is 23.5. The van der Waals surface area contributed by atoms with Crippen LogP contribution in [0.25, 0.3) is 0 Å². The number of hydrogen-bond donors (Lipinski definition) is 1. The number of thiophene rings is 2. The Balaban J connectivity index is 0.000000221. The van der Waals surface area contributed by atoms with E-state index in [0.717, 1.165) is 54.7 Å². The Labute approximate surface area is 362 Å². The first kappa shape index (κ1) is 45.9. The zero-order chi connectivity index (χ0) is 42.4. The van der Waals surface area contributed by atoms with Crippen molar-refractivity contribution >= 4 is 73.7 Å². The highest BCUT2D eigenvalue weighted by molar-refractivity contribution is 9.10. The van der Waals surface area contributed by atoms with E-state index in [1.165, 1.54) is 75.4 Å². The Bertz CT molecular complexity index is 1780. The zero-order valence-electron chi connectivity index (χ0n) is 35.5. The maximum absolute atomic E-state index is 13.3. The van der Waals surface area contributed by atoms with Gasteiger partial charge in [0, 0.05) is 22.9 Å². The molecule has 0 spiro atoms. The molecule has 2 aliphatic carbocycles. The van der Waals surface area contributed by atoms with Gasteiger partial charge < -0.3 is 24.4 Å². The highest BCUT2D eigenvalue weighted by Gasteiger charge is 2.43. The van der Waals surface area contributed by atoms with Crippen LogP contribution in [0.4, 0.5) is 11.4 Å². The number of rotatable bonds is 6. The van der Waals surface area contributed by atoms with Gasteiger partial charge in [0.2, 0.25) is 5.91 Å². The first-order chi connectivity index (χ1) is 27.4. The Morgan fingerprint density at radius 3 is 1.45 bits per heavy atom. The predicted octanol–water partition coefficient (Wildman–Crippen LogP) is 10.1. The van der Waals surface area contributed by atoms with Gasteiger partial charge in [-0.3, -0.25) is 9.59 Å². The standard InChI is InChI=1S/C23H30BrNO3S.C23H31NO4S/c1-23(2,3)13-12-16-14-19(20(29-16)22(27)28-4)25-18(11-10-17(24)21(25)26)15-8-6-5-7-9-15;1-23(2,3)13-12-16-14-18(20(29-16)22(27)28-4)24-17(10-11-19(25)21(24)26)15-8-6-5-7-9-15/h14-15,17-18H,5-11H2,1-4H3;14-15,17,19,25H,5-11H2,1-4H3/t17?,18-;17-,19-/m00/s1. The number of halogens is 1. The van der Waals surface area contributed by atoms with E-state index in [0.29, 0.717) is 39.4 Å². The number of hydrogen-bond acceptors (Lipinski definition) is 9. The van der Waals surface area contributed by atoms with Crippen molar-refractivity contribution in [3.05, 3.63) is 31.6 Å². The van der Waals surface area contributed by atoms with E-state index in [-0.39, 0.29) is 39.6 Å². The van der Waals surface area contributed by atoms with E-state index in [9.17, 15) is 24.3 Å². The number of aliphatic hydroxyl groups is 1. The minimum absolute atomic E-state index is 0.00707. The van der Waals surface area contributed by atoms with Crippen LogP contribution in [0.5, 0.6) is 0 Å². The Morgan fingerprint density at radius 2 is 1.05 bits per heavy atom. The lowest BCUT2D eigenvalue weighted by Crippen LogP contribution is -2.54. The molecule has 9 nitrogen and oxygen atoms in total. The Hall–Kier alpha value is -3.16. The van der Waals surface area contributed by atoms with E-state index in [2.05, 4.69) is 60.4 Å². The van der Waals surface area contributed by atoms with Gasteiger partial charge in [-0.1, -0.05) is 78.1 Å². The number of esters is 2. The lowest BCUT2D eigenvalue weighted by atomic mass is 9.79. The van der Waals surface area contributed by atoms with E-state index >= 15 is 0 Å². The molecule has 4 fully saturated rings. The van der Waals surface area contributed by atoms with Crippen LogP contribution in [-0.4, -0.2) is 66.1 Å². The summed E-state index contributed by atoms with van der Waals surface area (Å²) in [7, 11) is 2.73. The molecule has 2 saturated heterocycles. The minimum Gasteiger partial charge on any atom is -0.465 e. The number of carbonyl (C=O) groups excluding carboxylic acids is 4. The molecule has 4 aliphatic rings. The molecular weight excluding hydrogens is 837 g/mol. The SMILES string of the molecule is COC(=O)c1sc(C#CC(C)(C)C)cc1N1C(=O)C(Br)CC[C@H]1C1CCCCC1.COC(=O)c1sc(C#CC(C)(C)C)cc1N1C(=O)[C@@H](O)CC[C@H]1C1CCCCC1. The number of amides is 2. The molecule has 2 amide bonds. The molecular formula is C46H61BrN2O7S2. The molecule has 0 radical (unpaired) electrons. The highest BCUT2D eigenvalue weighted by Crippen LogP contribution is 2.43. The van der Waals surface area contributed by atoms with Crippen molar-refractivity contribution in [2.24, 2.45) is 22.7 Å². The van der Waals surface area contributed by atoms with Gasteiger partial charge in [-0.15, -0.1) is 22.7 Å². The smallest absolute Gasteiger partial charge is 0.350 e. The zero-order valence-corrected chi connectivity index (χ0v) is 38.7. The largest absolute Gasteiger partial charge is 0.465 e. The van der Waals surface area contributed by atoms with Crippen LogP contribution in [0, 0.1) is 46.3 Å². The van der Waals surface area contributed by atoms with Gasteiger partial charge in [0.05, 0.1) is 40.2 Å². The summed E-state index contributed by atoms with van der Waals surface area (Å²) in [6.07, 6.45) is 13.7. The van der Waals surface area contributed by atoms with Crippen molar-refractivity contribution in [2.45, 2.75) is 154 Å². The maximum Gasteiger partial charge on any atom is 0.350 e. The van der Waals surface area contributed by atoms with E-state index in [1.54, 1.807) is 4.90 Å². The van der Waals surface area contributed by atoms with Gasteiger partial charge in [-0.05, 0) is 117 Å². The quantitative estimate of drug-likeness (QED) is 0.175. The molecule has 6 rings (SSSR count). The molecule has 2 aromatic rings. The predicted molar refractivity (Wildman–Crippen MR) is 237 cm³/mol. The van der Waals surface area contributed by atoms with Gasteiger partial charge >= 0.3 is 11.9 Å². The number of aliphatic hydroxyl groups excluding tert-OH is 1. The van der Waals surface area contributed by atoms with Crippen molar-refractivity contribution in [3.8, 4) is 23.7 Å². The molecule has 2 aliphatic heterocycles. The average molecular weight is 898 g/mol. The number of carbonyl (C=O) groups is 4. The highest BCUT2D eigenvalue weighted by atomic mass is 79.9. The molecule has 2 aromatic heterocycles. The van der Waals surface area contributed by atoms with Crippen molar-refractivity contribution in [2.75, 3.05) is 24.0 Å². The van der Waals surface area contributed by atoms with Crippen molar-refractivity contribution in [1.29, 1.82) is 0 Å². The van der Waals surface area contributed by atoms with Crippen LogP contribution in [0.3, 0.4) is 0 Å². The van der Waals surface area contributed by atoms with E-state index in [1.807, 2.05) is 37.8 Å². The van der Waals surface area contributed by atoms with Gasteiger partial charge in [-0.25, -0.2) is 9.59 Å². The van der Waals surface area contributed by atoms with Crippen LogP contribution in [0.1, 0.15) is 161 Å². The number of methoxy groups -OCH3 is 2. The molecule has 0 aromatic carbocycles. The van der Waals surface area contributed by atoms with Gasteiger partial charge in [0.25, 0.3) is 5.91 Å². The van der Waals surface area contributed by atoms with Crippen molar-refractivity contribution < 1.29 is 33.8 Å². The minimum atomic E-state index is -1.02. The maximum atomic E-state index is 13.3. The second-order valence-corrected chi connectivity index (χ2v) is 21.3. The second kappa shape index (κ2) is 19.9. The summed E-state index contributed by atoms with van der Waals surface area (Å²) in [4.78, 5) is 57.1. The summed E-state index contributed by atoms with van der Waals surface area (Å²) in [5.74, 6) is 12.5. The monoisotopic (exact) mass is 896 g/mol. The fraction of sp³-hybridized carbons (Fsp3) is 0.652. The number of nitrogens with zero attached hydrogens (tertiary/aromatic N) is 2. The van der Waals surface area contributed by atoms with Gasteiger partial charge in [0.1, 0.15) is 15.9 Å². The molecule has 1 N–H and O–H groups in total. The molecule has 4 atom stereocenters. The third-order valence-corrected chi connectivity index (χ3v) is 14.2. The number of ether oxygens (including phenoxy) is 2. The summed E-state index contributed by atoms with van der Waals surface area (Å²) in [5, 5.41) is 10.3. The molecule has 12 heteroatoms. The van der Waals surface area contributed by atoms with E-state index < -0.39 is 18.0 Å². The Morgan fingerprint density at radius 1 is 0.655 bits per heavy atom. The normalized spacial score (nSPS) is 23.5. The van der Waals surface area contributed by atoms with Crippen LogP contribution >= 0.6 is 38.6 Å². The molecule has 2 saturated carbocycles. The molecule has 58 heavy (non-hydrogen) atoms. The van der Waals surface area contributed by atoms with Gasteiger partial charge in [-0.2, -0.15) is 0 Å². The van der Waals surface area contributed by atoms with Crippen LogP contribution in [0.15, 0.2) is 12.1 Å².